The molecule has 0 bridgehead atoms. The smallest absolute Gasteiger partial charge is 0.0951 e. The molecule has 1 N–H and O–H groups in total. The molecular weight excluding hydrogens is 218 g/mol. The van der Waals surface area contributed by atoms with Crippen molar-refractivity contribution < 1.29 is 9.47 Å². The molecular formula is C12H23N3O2. The molecule has 1 heterocycles. The molecule has 5 nitrogen and oxygen atoms in total. The van der Waals surface area contributed by atoms with Crippen molar-refractivity contribution >= 4 is 0 Å². The lowest BCUT2D eigenvalue weighted by Gasteiger charge is -2.12. The summed E-state index contributed by atoms with van der Waals surface area (Å²) in [6, 6.07) is 0.451. The van der Waals surface area contributed by atoms with E-state index in [1.807, 2.05) is 12.5 Å². The summed E-state index contributed by atoms with van der Waals surface area (Å²) in [6.07, 6.45) is 3.77. The van der Waals surface area contributed by atoms with Crippen molar-refractivity contribution in [3.05, 3.63) is 18.2 Å². The number of hydrogen-bond acceptors (Lipinski definition) is 4. The van der Waals surface area contributed by atoms with Crippen LogP contribution in [0.25, 0.3) is 0 Å². The van der Waals surface area contributed by atoms with Gasteiger partial charge < -0.3 is 19.4 Å². The van der Waals surface area contributed by atoms with E-state index in [-0.39, 0.29) is 0 Å². The molecule has 0 saturated heterocycles. The summed E-state index contributed by atoms with van der Waals surface area (Å²) in [6.45, 7) is 7.98. The highest BCUT2D eigenvalue weighted by molar-refractivity contribution is 4.99. The molecule has 98 valence electrons. The van der Waals surface area contributed by atoms with E-state index in [4.69, 9.17) is 9.47 Å². The first-order valence-corrected chi connectivity index (χ1v) is 6.03. The van der Waals surface area contributed by atoms with Crippen molar-refractivity contribution in [3.63, 3.8) is 0 Å². The van der Waals surface area contributed by atoms with Crippen LogP contribution in [-0.4, -0.2) is 43.0 Å². The molecule has 1 aromatic rings. The SMILES string of the molecule is COCCOCCNCc1cncn1C(C)C. The number of hydrogen-bond donors (Lipinski definition) is 1. The standard InChI is InChI=1S/C12H23N3O2/c1-11(2)15-10-14-9-12(15)8-13-4-5-17-7-6-16-3/h9-11,13H,4-8H2,1-3H3. The van der Waals surface area contributed by atoms with Gasteiger partial charge in [-0.05, 0) is 13.8 Å². The van der Waals surface area contributed by atoms with Crippen LogP contribution in [0, 0.1) is 0 Å². The van der Waals surface area contributed by atoms with Gasteiger partial charge in [-0.2, -0.15) is 0 Å². The molecule has 1 rings (SSSR count). The van der Waals surface area contributed by atoms with Gasteiger partial charge in [-0.1, -0.05) is 0 Å². The van der Waals surface area contributed by atoms with E-state index in [1.165, 1.54) is 5.69 Å². The third kappa shape index (κ3) is 5.30. The van der Waals surface area contributed by atoms with Crippen LogP contribution in [0.3, 0.4) is 0 Å². The van der Waals surface area contributed by atoms with Crippen LogP contribution >= 0.6 is 0 Å². The summed E-state index contributed by atoms with van der Waals surface area (Å²) in [5.74, 6) is 0. The summed E-state index contributed by atoms with van der Waals surface area (Å²) in [5, 5.41) is 3.33. The van der Waals surface area contributed by atoms with Crippen molar-refractivity contribution in [1.29, 1.82) is 0 Å². The molecule has 1 aromatic heterocycles. The van der Waals surface area contributed by atoms with Crippen LogP contribution in [0.4, 0.5) is 0 Å². The first-order valence-electron chi connectivity index (χ1n) is 6.03. The van der Waals surface area contributed by atoms with E-state index in [2.05, 4.69) is 28.7 Å². The van der Waals surface area contributed by atoms with Crippen LogP contribution in [0.2, 0.25) is 0 Å². The molecule has 5 heteroatoms. The molecule has 0 unspecified atom stereocenters. The summed E-state index contributed by atoms with van der Waals surface area (Å²) in [5.41, 5.74) is 1.21. The predicted molar refractivity (Wildman–Crippen MR) is 67.0 cm³/mol. The second kappa shape index (κ2) is 8.22. The maximum absolute atomic E-state index is 5.36. The molecule has 0 aliphatic carbocycles. The van der Waals surface area contributed by atoms with Crippen LogP contribution in [0.5, 0.6) is 0 Å². The second-order valence-electron chi connectivity index (χ2n) is 4.17. The van der Waals surface area contributed by atoms with E-state index in [0.29, 0.717) is 25.9 Å². The van der Waals surface area contributed by atoms with Gasteiger partial charge in [0.25, 0.3) is 0 Å². The van der Waals surface area contributed by atoms with Crippen LogP contribution in [0.15, 0.2) is 12.5 Å². The van der Waals surface area contributed by atoms with Gasteiger partial charge in [0.2, 0.25) is 0 Å². The molecule has 0 spiro atoms. The molecule has 0 aliphatic heterocycles. The number of nitrogens with zero attached hydrogens (tertiary/aromatic N) is 2. The number of nitrogens with one attached hydrogen (secondary N) is 1. The Bertz CT molecular complexity index is 300. The fraction of sp³-hybridized carbons (Fsp3) is 0.750. The molecule has 0 aromatic carbocycles. The van der Waals surface area contributed by atoms with Crippen LogP contribution in [-0.2, 0) is 16.0 Å². The predicted octanol–water partition coefficient (Wildman–Crippen LogP) is 1.22. The highest BCUT2D eigenvalue weighted by atomic mass is 16.5. The van der Waals surface area contributed by atoms with Gasteiger partial charge in [-0.25, -0.2) is 4.98 Å². The highest BCUT2D eigenvalue weighted by Gasteiger charge is 2.03. The number of ether oxygens (including phenoxy) is 2. The number of methoxy groups -OCH3 is 1. The lowest BCUT2D eigenvalue weighted by atomic mass is 10.3. The third-order valence-corrected chi connectivity index (χ3v) is 2.46. The van der Waals surface area contributed by atoms with E-state index in [1.54, 1.807) is 7.11 Å². The van der Waals surface area contributed by atoms with Gasteiger partial charge in [0, 0.05) is 32.4 Å². The normalized spacial score (nSPS) is 11.3. The summed E-state index contributed by atoms with van der Waals surface area (Å²) >= 11 is 0. The fourth-order valence-corrected chi connectivity index (χ4v) is 1.54. The number of imidazole rings is 1. The van der Waals surface area contributed by atoms with Gasteiger partial charge in [-0.15, -0.1) is 0 Å². The zero-order chi connectivity index (χ0) is 12.5. The Labute approximate surface area is 103 Å². The maximum atomic E-state index is 5.36. The summed E-state index contributed by atoms with van der Waals surface area (Å²) in [7, 11) is 1.68. The minimum atomic E-state index is 0.451. The zero-order valence-electron chi connectivity index (χ0n) is 11.0. The van der Waals surface area contributed by atoms with Crippen molar-refractivity contribution in [2.45, 2.75) is 26.4 Å². The van der Waals surface area contributed by atoms with Crippen LogP contribution < -0.4 is 5.32 Å². The Morgan fingerprint density at radius 2 is 2.18 bits per heavy atom. The Balaban J connectivity index is 2.11. The zero-order valence-corrected chi connectivity index (χ0v) is 11.0. The number of aromatic nitrogens is 2. The minimum Gasteiger partial charge on any atom is -0.382 e. The average molecular weight is 241 g/mol. The van der Waals surface area contributed by atoms with Gasteiger partial charge in [-0.3, -0.25) is 0 Å². The van der Waals surface area contributed by atoms with Crippen molar-refractivity contribution in [1.82, 2.24) is 14.9 Å². The lowest BCUT2D eigenvalue weighted by Crippen LogP contribution is -2.22. The topological polar surface area (TPSA) is 48.3 Å². The average Bonchev–Trinajstić information content (AvgIpc) is 2.76. The first kappa shape index (κ1) is 14.2. The van der Waals surface area contributed by atoms with Crippen molar-refractivity contribution in [2.75, 3.05) is 33.5 Å². The van der Waals surface area contributed by atoms with Crippen LogP contribution in [0.1, 0.15) is 25.6 Å². The maximum Gasteiger partial charge on any atom is 0.0951 e. The first-order chi connectivity index (χ1) is 8.25. The van der Waals surface area contributed by atoms with Crippen molar-refractivity contribution in [2.24, 2.45) is 0 Å². The molecule has 0 radical (unpaired) electrons. The van der Waals surface area contributed by atoms with E-state index in [9.17, 15) is 0 Å². The van der Waals surface area contributed by atoms with Gasteiger partial charge in [0.15, 0.2) is 0 Å². The Kier molecular flexibility index (Phi) is 6.84. The molecule has 0 amide bonds. The monoisotopic (exact) mass is 241 g/mol. The molecule has 0 fully saturated rings. The van der Waals surface area contributed by atoms with Gasteiger partial charge >= 0.3 is 0 Å². The Morgan fingerprint density at radius 3 is 2.88 bits per heavy atom. The largest absolute Gasteiger partial charge is 0.382 e. The van der Waals surface area contributed by atoms with E-state index < -0.39 is 0 Å². The van der Waals surface area contributed by atoms with E-state index >= 15 is 0 Å². The quantitative estimate of drug-likeness (QED) is 0.660. The highest BCUT2D eigenvalue weighted by Crippen LogP contribution is 2.07. The third-order valence-electron chi connectivity index (χ3n) is 2.46. The molecule has 0 saturated carbocycles. The second-order valence-corrected chi connectivity index (χ2v) is 4.17. The molecule has 0 aliphatic rings. The van der Waals surface area contributed by atoms with E-state index in [0.717, 1.165) is 13.1 Å². The summed E-state index contributed by atoms with van der Waals surface area (Å²) < 4.78 is 12.4. The Morgan fingerprint density at radius 1 is 1.35 bits per heavy atom. The fourth-order valence-electron chi connectivity index (χ4n) is 1.54. The molecule has 0 atom stereocenters. The van der Waals surface area contributed by atoms with Crippen molar-refractivity contribution in [3.8, 4) is 0 Å². The number of rotatable bonds is 9. The lowest BCUT2D eigenvalue weighted by molar-refractivity contribution is 0.0718. The van der Waals surface area contributed by atoms with Gasteiger partial charge in [0.1, 0.15) is 0 Å². The minimum absolute atomic E-state index is 0.451. The summed E-state index contributed by atoms with van der Waals surface area (Å²) in [4.78, 5) is 4.16. The molecule has 17 heavy (non-hydrogen) atoms. The van der Waals surface area contributed by atoms with Gasteiger partial charge in [0.05, 0.1) is 31.8 Å². The Hall–Kier alpha value is -0.910.